The molecule has 0 aromatic rings. The number of unbranched alkanes of at least 4 members (excludes halogenated alkanes) is 11. The van der Waals surface area contributed by atoms with Crippen LogP contribution in [-0.4, -0.2) is 80.6 Å². The highest BCUT2D eigenvalue weighted by molar-refractivity contribution is 5.72. The van der Waals surface area contributed by atoms with Gasteiger partial charge in [0.2, 0.25) is 0 Å². The number of carbonyl (C=O) groups is 3. The van der Waals surface area contributed by atoms with Crippen molar-refractivity contribution in [3.05, 3.63) is 12.2 Å². The van der Waals surface area contributed by atoms with E-state index >= 15 is 0 Å². The van der Waals surface area contributed by atoms with E-state index in [-0.39, 0.29) is 30.3 Å². The number of esters is 2. The van der Waals surface area contributed by atoms with Crippen LogP contribution in [0.4, 0.5) is 0 Å². The van der Waals surface area contributed by atoms with Crippen molar-refractivity contribution in [3.8, 4) is 0 Å². The molecule has 0 saturated heterocycles. The summed E-state index contributed by atoms with van der Waals surface area (Å²) in [7, 11) is 5.46. The Morgan fingerprint density at radius 2 is 1.37 bits per heavy atom. The molecule has 0 aliphatic carbocycles. The van der Waals surface area contributed by atoms with Gasteiger partial charge in [0.15, 0.2) is 12.1 Å². The molecule has 2 atom stereocenters. The zero-order chi connectivity index (χ0) is 28.7. The fourth-order valence-electron chi connectivity index (χ4n) is 4.16. The molecule has 0 saturated carbocycles. The minimum absolute atomic E-state index is 0.0505. The lowest BCUT2D eigenvalue weighted by Gasteiger charge is -2.31. The molecule has 38 heavy (non-hydrogen) atoms. The van der Waals surface area contributed by atoms with Gasteiger partial charge in [0.1, 0.15) is 6.61 Å². The maximum absolute atomic E-state index is 12.3. The Kier molecular flexibility index (Phi) is 21.8. The number of ether oxygens (including phenoxy) is 3. The van der Waals surface area contributed by atoms with Gasteiger partial charge in [-0.05, 0) is 32.1 Å². The van der Waals surface area contributed by atoms with Gasteiger partial charge in [-0.1, -0.05) is 70.4 Å². The van der Waals surface area contributed by atoms with E-state index in [0.29, 0.717) is 12.8 Å². The number of carboxylic acid groups (broad SMARTS) is 1. The molecular weight excluding hydrogens is 486 g/mol. The van der Waals surface area contributed by atoms with Gasteiger partial charge in [-0.3, -0.25) is 9.59 Å². The van der Waals surface area contributed by atoms with Crippen LogP contribution in [0.15, 0.2) is 12.2 Å². The number of aliphatic carboxylic acids is 1. The van der Waals surface area contributed by atoms with Gasteiger partial charge in [0, 0.05) is 19.8 Å². The Morgan fingerprint density at radius 3 is 1.89 bits per heavy atom. The Balaban J connectivity index is 4.03. The van der Waals surface area contributed by atoms with Crippen molar-refractivity contribution < 1.29 is 38.2 Å². The highest BCUT2D eigenvalue weighted by atomic mass is 16.6. The van der Waals surface area contributed by atoms with E-state index < -0.39 is 24.1 Å². The SMILES string of the molecule is CCCCCCCC/C=C\CCCCCCCC(=O)OC(COCCC(C(=O)O)[N+](C)(C)C)COC(C)=O. The quantitative estimate of drug-likeness (QED) is 0.0647. The summed E-state index contributed by atoms with van der Waals surface area (Å²) in [6.07, 6.45) is 20.1. The van der Waals surface area contributed by atoms with E-state index in [1.165, 1.54) is 58.3 Å². The summed E-state index contributed by atoms with van der Waals surface area (Å²) in [6, 6.07) is -0.606. The van der Waals surface area contributed by atoms with Crippen LogP contribution in [0.1, 0.15) is 110 Å². The Morgan fingerprint density at radius 1 is 0.816 bits per heavy atom. The van der Waals surface area contributed by atoms with Crippen LogP contribution >= 0.6 is 0 Å². The van der Waals surface area contributed by atoms with E-state index in [1.807, 2.05) is 21.1 Å². The first-order valence-corrected chi connectivity index (χ1v) is 14.7. The molecule has 0 bridgehead atoms. The molecule has 2 unspecified atom stereocenters. The van der Waals surface area contributed by atoms with Gasteiger partial charge in [-0.2, -0.15) is 0 Å². The third-order valence-corrected chi connectivity index (χ3v) is 6.47. The molecule has 8 nitrogen and oxygen atoms in total. The number of rotatable bonds is 25. The number of hydrogen-bond donors (Lipinski definition) is 1. The smallest absolute Gasteiger partial charge is 0.362 e. The van der Waals surface area contributed by atoms with Crippen LogP contribution in [-0.2, 0) is 28.6 Å². The predicted octanol–water partition coefficient (Wildman–Crippen LogP) is 6.06. The first-order valence-electron chi connectivity index (χ1n) is 14.7. The number of likely N-dealkylation sites (N-methyl/N-ethyl adjacent to an activating group) is 1. The molecule has 0 rings (SSSR count). The van der Waals surface area contributed by atoms with Gasteiger partial charge >= 0.3 is 17.9 Å². The molecule has 222 valence electrons. The average Bonchev–Trinajstić information content (AvgIpc) is 2.83. The highest BCUT2D eigenvalue weighted by Crippen LogP contribution is 2.12. The molecule has 0 aromatic carbocycles. The Bertz CT molecular complexity index is 657. The summed E-state index contributed by atoms with van der Waals surface area (Å²) < 4.78 is 16.3. The lowest BCUT2D eigenvalue weighted by molar-refractivity contribution is -0.887. The fraction of sp³-hybridized carbons (Fsp3) is 0.833. The lowest BCUT2D eigenvalue weighted by Crippen LogP contribution is -2.50. The van der Waals surface area contributed by atoms with Crippen molar-refractivity contribution in [2.45, 2.75) is 122 Å². The third kappa shape index (κ3) is 22.1. The standard InChI is InChI=1S/C30H55NO7/c1-6-7-8-9-10-11-12-13-14-15-16-17-18-19-20-21-29(33)38-27(25-37-26(2)32)24-36-23-22-28(30(34)35)31(3,4)5/h13-14,27-28H,6-12,15-25H2,1-5H3/p+1/b14-13-. The van der Waals surface area contributed by atoms with E-state index in [4.69, 9.17) is 14.2 Å². The second-order valence-corrected chi connectivity index (χ2v) is 11.1. The molecule has 0 aliphatic rings. The molecular formula is C30H56NO7+. The van der Waals surface area contributed by atoms with Crippen LogP contribution in [0, 0.1) is 0 Å². The maximum Gasteiger partial charge on any atom is 0.362 e. The zero-order valence-electron chi connectivity index (χ0n) is 24.9. The molecule has 0 fully saturated rings. The number of hydrogen-bond acceptors (Lipinski definition) is 6. The van der Waals surface area contributed by atoms with Crippen LogP contribution in [0.2, 0.25) is 0 Å². The summed E-state index contributed by atoms with van der Waals surface area (Å²) in [5, 5.41) is 9.41. The van der Waals surface area contributed by atoms with Crippen LogP contribution in [0.25, 0.3) is 0 Å². The summed E-state index contributed by atoms with van der Waals surface area (Å²) in [6.45, 7) is 3.72. The van der Waals surface area contributed by atoms with Crippen LogP contribution in [0.3, 0.4) is 0 Å². The van der Waals surface area contributed by atoms with Crippen molar-refractivity contribution in [1.82, 2.24) is 0 Å². The van der Waals surface area contributed by atoms with Gasteiger partial charge < -0.3 is 23.8 Å². The first-order chi connectivity index (χ1) is 18.1. The fourth-order valence-corrected chi connectivity index (χ4v) is 4.16. The maximum atomic E-state index is 12.3. The summed E-state index contributed by atoms with van der Waals surface area (Å²) in [5.74, 6) is -1.68. The molecule has 1 N–H and O–H groups in total. The minimum Gasteiger partial charge on any atom is -0.477 e. The molecule has 0 aromatic heterocycles. The first kappa shape index (κ1) is 36.1. The Labute approximate surface area is 231 Å². The Hall–Kier alpha value is -1.93. The largest absolute Gasteiger partial charge is 0.477 e. The molecule has 0 heterocycles. The normalized spacial score (nSPS) is 13.4. The number of carbonyl (C=O) groups excluding carboxylic acids is 2. The monoisotopic (exact) mass is 542 g/mol. The average molecular weight is 543 g/mol. The topological polar surface area (TPSA) is 99.1 Å². The molecule has 0 aliphatic heterocycles. The molecule has 0 amide bonds. The number of allylic oxidation sites excluding steroid dienone is 2. The van der Waals surface area contributed by atoms with Crippen LogP contribution < -0.4 is 0 Å². The number of quaternary nitrogens is 1. The lowest BCUT2D eigenvalue weighted by atomic mass is 10.1. The van der Waals surface area contributed by atoms with Gasteiger partial charge in [-0.15, -0.1) is 0 Å². The predicted molar refractivity (Wildman–Crippen MR) is 151 cm³/mol. The molecule has 8 heteroatoms. The van der Waals surface area contributed by atoms with Crippen molar-refractivity contribution in [1.29, 1.82) is 0 Å². The van der Waals surface area contributed by atoms with E-state index in [2.05, 4.69) is 19.1 Å². The van der Waals surface area contributed by atoms with Crippen molar-refractivity contribution in [3.63, 3.8) is 0 Å². The van der Waals surface area contributed by atoms with Crippen LogP contribution in [0.5, 0.6) is 0 Å². The van der Waals surface area contributed by atoms with E-state index in [1.54, 1.807) is 0 Å². The second kappa shape index (κ2) is 23.0. The molecule has 0 spiro atoms. The van der Waals surface area contributed by atoms with Crippen molar-refractivity contribution >= 4 is 17.9 Å². The van der Waals surface area contributed by atoms with Crippen molar-refractivity contribution in [2.75, 3.05) is 41.0 Å². The summed E-state index contributed by atoms with van der Waals surface area (Å²) in [5.41, 5.74) is 0. The summed E-state index contributed by atoms with van der Waals surface area (Å²) in [4.78, 5) is 35.0. The third-order valence-electron chi connectivity index (χ3n) is 6.47. The summed E-state index contributed by atoms with van der Waals surface area (Å²) >= 11 is 0. The molecule has 0 radical (unpaired) electrons. The minimum atomic E-state index is -0.885. The number of carboxylic acids is 1. The van der Waals surface area contributed by atoms with Gasteiger partial charge in [0.25, 0.3) is 0 Å². The van der Waals surface area contributed by atoms with Gasteiger partial charge in [-0.25, -0.2) is 4.79 Å². The zero-order valence-corrected chi connectivity index (χ0v) is 24.9. The van der Waals surface area contributed by atoms with E-state index in [9.17, 15) is 19.5 Å². The highest BCUT2D eigenvalue weighted by Gasteiger charge is 2.31. The second-order valence-electron chi connectivity index (χ2n) is 11.1. The number of nitrogens with zero attached hydrogens (tertiary/aromatic N) is 1. The van der Waals surface area contributed by atoms with Gasteiger partial charge in [0.05, 0.1) is 34.4 Å². The van der Waals surface area contributed by atoms with E-state index in [0.717, 1.165) is 32.1 Å². The van der Waals surface area contributed by atoms with Crippen molar-refractivity contribution in [2.24, 2.45) is 0 Å².